The van der Waals surface area contributed by atoms with E-state index >= 15 is 0 Å². The van der Waals surface area contributed by atoms with Crippen LogP contribution in [-0.4, -0.2) is 18.9 Å². The van der Waals surface area contributed by atoms with Crippen LogP contribution in [0.1, 0.15) is 30.9 Å². The third kappa shape index (κ3) is 2.42. The van der Waals surface area contributed by atoms with Crippen LogP contribution in [0.3, 0.4) is 0 Å². The summed E-state index contributed by atoms with van der Waals surface area (Å²) in [7, 11) is 1.68. The van der Waals surface area contributed by atoms with Crippen molar-refractivity contribution in [3.63, 3.8) is 0 Å². The fraction of sp³-hybridized carbons (Fsp3) is 0.350. The molecule has 2 aliphatic heterocycles. The average Bonchev–Trinajstić information content (AvgIpc) is 2.62. The number of fused-ring (bicyclic) bond motifs is 3. The van der Waals surface area contributed by atoms with E-state index in [9.17, 15) is 4.79 Å². The van der Waals surface area contributed by atoms with E-state index in [-0.39, 0.29) is 18.0 Å². The van der Waals surface area contributed by atoms with Crippen LogP contribution < -0.4 is 15.4 Å². The number of anilines is 2. The number of carbonyl (C=O) groups excluding carboxylic acids is 1. The molecular formula is C20H22N2O2. The van der Waals surface area contributed by atoms with Crippen molar-refractivity contribution in [2.24, 2.45) is 5.92 Å². The van der Waals surface area contributed by atoms with E-state index in [0.29, 0.717) is 12.2 Å². The number of nitrogens with two attached hydrogens (primary N) is 1. The largest absolute Gasteiger partial charge is 0.497 e. The monoisotopic (exact) mass is 322 g/mol. The van der Waals surface area contributed by atoms with Gasteiger partial charge >= 0.3 is 0 Å². The number of piperidine rings is 2. The lowest BCUT2D eigenvalue weighted by Gasteiger charge is -2.52. The Labute approximate surface area is 142 Å². The van der Waals surface area contributed by atoms with Gasteiger partial charge < -0.3 is 15.4 Å². The van der Waals surface area contributed by atoms with Gasteiger partial charge in [-0.2, -0.15) is 0 Å². The molecule has 1 aliphatic carbocycles. The quantitative estimate of drug-likeness (QED) is 0.878. The van der Waals surface area contributed by atoms with Gasteiger partial charge in [-0.15, -0.1) is 0 Å². The number of hydrogen-bond donors (Lipinski definition) is 1. The molecule has 1 saturated carbocycles. The zero-order chi connectivity index (χ0) is 16.7. The molecule has 2 bridgehead atoms. The first kappa shape index (κ1) is 15.1. The van der Waals surface area contributed by atoms with Crippen molar-refractivity contribution in [1.29, 1.82) is 0 Å². The van der Waals surface area contributed by atoms with E-state index in [0.717, 1.165) is 35.5 Å². The number of hydrogen-bond acceptors (Lipinski definition) is 4. The highest BCUT2D eigenvalue weighted by molar-refractivity contribution is 5.86. The summed E-state index contributed by atoms with van der Waals surface area (Å²) in [5.74, 6) is 1.30. The highest BCUT2D eigenvalue weighted by Gasteiger charge is 2.47. The Morgan fingerprint density at radius 2 is 1.92 bits per heavy atom. The van der Waals surface area contributed by atoms with Crippen LogP contribution in [0, 0.1) is 5.92 Å². The predicted molar refractivity (Wildman–Crippen MR) is 95.2 cm³/mol. The minimum atomic E-state index is 0.0600. The van der Waals surface area contributed by atoms with Crippen molar-refractivity contribution in [3.05, 3.63) is 54.1 Å². The first-order chi connectivity index (χ1) is 11.7. The highest BCUT2D eigenvalue weighted by Crippen LogP contribution is 2.48. The van der Waals surface area contributed by atoms with E-state index in [2.05, 4.69) is 29.2 Å². The van der Waals surface area contributed by atoms with E-state index in [1.165, 1.54) is 0 Å². The predicted octanol–water partition coefficient (Wildman–Crippen LogP) is 3.58. The third-order valence-electron chi connectivity index (χ3n) is 5.36. The van der Waals surface area contributed by atoms with Gasteiger partial charge in [-0.3, -0.25) is 4.79 Å². The van der Waals surface area contributed by atoms with Crippen molar-refractivity contribution in [2.45, 2.75) is 31.3 Å². The number of nitrogens with zero attached hydrogens (tertiary/aromatic N) is 1. The van der Waals surface area contributed by atoms with Crippen LogP contribution in [-0.2, 0) is 4.79 Å². The number of methoxy groups -OCH3 is 1. The van der Waals surface area contributed by atoms with Crippen LogP contribution in [0.2, 0.25) is 0 Å². The van der Waals surface area contributed by atoms with Crippen molar-refractivity contribution in [1.82, 2.24) is 0 Å². The van der Waals surface area contributed by atoms with Crippen LogP contribution in [0.15, 0.2) is 48.5 Å². The summed E-state index contributed by atoms with van der Waals surface area (Å²) < 4.78 is 5.39. The fourth-order valence-corrected chi connectivity index (χ4v) is 4.24. The summed E-state index contributed by atoms with van der Waals surface area (Å²) in [5, 5.41) is 0. The summed E-state index contributed by atoms with van der Waals surface area (Å²) >= 11 is 0. The number of carbonyl (C=O) groups is 1. The van der Waals surface area contributed by atoms with Crippen LogP contribution in [0.5, 0.6) is 5.75 Å². The van der Waals surface area contributed by atoms with Crippen molar-refractivity contribution in [3.8, 4) is 5.75 Å². The average molecular weight is 322 g/mol. The molecule has 4 nitrogen and oxygen atoms in total. The molecule has 3 aliphatic rings. The molecule has 0 aromatic heterocycles. The molecule has 5 rings (SSSR count). The van der Waals surface area contributed by atoms with Gasteiger partial charge in [0.2, 0.25) is 0 Å². The molecule has 2 aromatic rings. The van der Waals surface area contributed by atoms with Crippen LogP contribution >= 0.6 is 0 Å². The van der Waals surface area contributed by atoms with Gasteiger partial charge in [0.05, 0.1) is 13.2 Å². The third-order valence-corrected chi connectivity index (χ3v) is 5.36. The van der Waals surface area contributed by atoms with E-state index in [4.69, 9.17) is 10.5 Å². The van der Waals surface area contributed by atoms with E-state index < -0.39 is 0 Å². The number of Topliss-reactive ketones (excluding diaryl/α,β-unsaturated/α-hetero) is 1. The standard InChI is InChI=1S/C20H22N2O2/c1-24-17-4-2-3-15(11-17)22-16-9-10-18(19(23)12-16)20(22)13-5-7-14(21)8-6-13/h2-8,11,16,18,20H,9-10,12,21H2,1H3. The maximum Gasteiger partial charge on any atom is 0.140 e. The first-order valence-electron chi connectivity index (χ1n) is 8.48. The zero-order valence-electron chi connectivity index (χ0n) is 13.8. The Morgan fingerprint density at radius 1 is 1.12 bits per heavy atom. The molecule has 4 heteroatoms. The SMILES string of the molecule is COc1cccc(N2C3CCC(C(=O)C3)C2c2ccc(N)cc2)c1. The van der Waals surface area contributed by atoms with Gasteiger partial charge in [-0.05, 0) is 42.7 Å². The Balaban J connectivity index is 1.79. The Bertz CT molecular complexity index is 756. The molecule has 0 amide bonds. The normalized spacial score (nSPS) is 25.8. The van der Waals surface area contributed by atoms with E-state index in [1.54, 1.807) is 7.11 Å². The van der Waals surface area contributed by atoms with Gasteiger partial charge in [-0.25, -0.2) is 0 Å². The topological polar surface area (TPSA) is 55.6 Å². The maximum atomic E-state index is 12.5. The second-order valence-corrected chi connectivity index (χ2v) is 6.73. The van der Waals surface area contributed by atoms with Crippen molar-refractivity contribution >= 4 is 17.2 Å². The first-order valence-corrected chi connectivity index (χ1v) is 8.48. The Hall–Kier alpha value is -2.49. The molecule has 124 valence electrons. The lowest BCUT2D eigenvalue weighted by atomic mass is 9.71. The summed E-state index contributed by atoms with van der Waals surface area (Å²) in [6.45, 7) is 0. The molecule has 2 aromatic carbocycles. The minimum absolute atomic E-state index is 0.0600. The molecule has 3 atom stereocenters. The van der Waals surface area contributed by atoms with E-state index in [1.807, 2.05) is 24.3 Å². The lowest BCUT2D eigenvalue weighted by Crippen LogP contribution is -2.54. The number of rotatable bonds is 3. The molecule has 0 spiro atoms. The molecule has 0 radical (unpaired) electrons. The van der Waals surface area contributed by atoms with Gasteiger partial charge in [0.25, 0.3) is 0 Å². The molecule has 24 heavy (non-hydrogen) atoms. The summed E-state index contributed by atoms with van der Waals surface area (Å²) in [5.41, 5.74) is 8.88. The second-order valence-electron chi connectivity index (χ2n) is 6.73. The van der Waals surface area contributed by atoms with Gasteiger partial charge in [-0.1, -0.05) is 18.2 Å². The summed E-state index contributed by atoms with van der Waals surface area (Å²) in [6, 6.07) is 16.4. The van der Waals surface area contributed by atoms with Gasteiger partial charge in [0, 0.05) is 35.8 Å². The fourth-order valence-electron chi connectivity index (χ4n) is 4.24. The Kier molecular flexibility index (Phi) is 3.68. The molecular weight excluding hydrogens is 300 g/mol. The number of benzene rings is 2. The smallest absolute Gasteiger partial charge is 0.140 e. The molecule has 3 unspecified atom stereocenters. The second kappa shape index (κ2) is 5.86. The number of nitrogen functional groups attached to an aromatic ring is 1. The zero-order valence-corrected chi connectivity index (χ0v) is 13.8. The summed E-state index contributed by atoms with van der Waals surface area (Å²) in [4.78, 5) is 15.0. The Morgan fingerprint density at radius 3 is 2.62 bits per heavy atom. The molecule has 2 heterocycles. The lowest BCUT2D eigenvalue weighted by molar-refractivity contribution is -0.128. The molecule has 2 N–H and O–H groups in total. The summed E-state index contributed by atoms with van der Waals surface area (Å²) in [6.07, 6.45) is 2.69. The highest BCUT2D eigenvalue weighted by atomic mass is 16.5. The van der Waals surface area contributed by atoms with Crippen LogP contribution in [0.4, 0.5) is 11.4 Å². The van der Waals surface area contributed by atoms with Crippen molar-refractivity contribution < 1.29 is 9.53 Å². The maximum absolute atomic E-state index is 12.5. The molecule has 2 saturated heterocycles. The minimum Gasteiger partial charge on any atom is -0.497 e. The van der Waals surface area contributed by atoms with Gasteiger partial charge in [0.15, 0.2) is 0 Å². The van der Waals surface area contributed by atoms with Gasteiger partial charge in [0.1, 0.15) is 11.5 Å². The van der Waals surface area contributed by atoms with Crippen LogP contribution in [0.25, 0.3) is 0 Å². The molecule has 3 fully saturated rings. The van der Waals surface area contributed by atoms with Crippen molar-refractivity contribution in [2.75, 3.05) is 17.7 Å². The number of ether oxygens (including phenoxy) is 1. The number of ketones is 1.